The molecular formula is C31H45ClN6O5. The third kappa shape index (κ3) is 9.22. The summed E-state index contributed by atoms with van der Waals surface area (Å²) in [5.74, 6) is 1.30. The average Bonchev–Trinajstić information content (AvgIpc) is 2.98. The van der Waals surface area contributed by atoms with E-state index in [1.165, 1.54) is 0 Å². The first kappa shape index (κ1) is 33.3. The number of aromatic nitrogens is 2. The zero-order valence-corrected chi connectivity index (χ0v) is 26.3. The summed E-state index contributed by atoms with van der Waals surface area (Å²) in [4.78, 5) is 11.0. The maximum Gasteiger partial charge on any atom is 0.217 e. The number of aliphatic hydroxyl groups excluding tert-OH is 2. The van der Waals surface area contributed by atoms with Crippen LogP contribution in [0.3, 0.4) is 0 Å². The molecule has 1 aliphatic heterocycles. The fraction of sp³-hybridized carbons (Fsp3) is 0.645. The van der Waals surface area contributed by atoms with Crippen molar-refractivity contribution in [1.82, 2.24) is 14.9 Å². The Morgan fingerprint density at radius 3 is 2.70 bits per heavy atom. The molecule has 2 aromatic rings. The van der Waals surface area contributed by atoms with Crippen molar-refractivity contribution in [2.24, 2.45) is 5.41 Å². The number of ether oxygens (including phenoxy) is 3. The summed E-state index contributed by atoms with van der Waals surface area (Å²) in [6.07, 6.45) is 3.02. The number of hydrogen-bond acceptors (Lipinski definition) is 11. The van der Waals surface area contributed by atoms with Crippen LogP contribution in [0.4, 0.5) is 11.6 Å². The van der Waals surface area contributed by atoms with Crippen LogP contribution in [0.2, 0.25) is 5.02 Å². The van der Waals surface area contributed by atoms with E-state index in [-0.39, 0.29) is 12.1 Å². The molecule has 4 N–H and O–H groups in total. The van der Waals surface area contributed by atoms with Gasteiger partial charge in [0, 0.05) is 57.3 Å². The van der Waals surface area contributed by atoms with Crippen molar-refractivity contribution in [2.45, 2.75) is 83.1 Å². The van der Waals surface area contributed by atoms with E-state index in [2.05, 4.69) is 21.7 Å². The monoisotopic (exact) mass is 616 g/mol. The van der Waals surface area contributed by atoms with E-state index in [1.54, 1.807) is 18.2 Å². The lowest BCUT2D eigenvalue weighted by Gasteiger charge is -2.43. The van der Waals surface area contributed by atoms with Crippen molar-refractivity contribution in [3.05, 3.63) is 35.5 Å². The second-order valence-corrected chi connectivity index (χ2v) is 12.8. The number of hydrogen-bond donors (Lipinski definition) is 4. The molecule has 2 aromatic heterocycles. The Morgan fingerprint density at radius 1 is 1.26 bits per heavy atom. The molecule has 43 heavy (non-hydrogen) atoms. The molecule has 11 nitrogen and oxygen atoms in total. The number of nitrogens with zero attached hydrogens (tertiary/aromatic N) is 4. The summed E-state index contributed by atoms with van der Waals surface area (Å²) in [6.45, 7) is 8.16. The molecule has 236 valence electrons. The van der Waals surface area contributed by atoms with Crippen molar-refractivity contribution in [3.8, 4) is 17.3 Å². The number of rotatable bonds is 12. The largest absolute Gasteiger partial charge is 0.391 e. The Balaban J connectivity index is 1.41. The molecule has 2 fully saturated rings. The van der Waals surface area contributed by atoms with Gasteiger partial charge in [-0.1, -0.05) is 17.7 Å². The molecule has 1 saturated carbocycles. The summed E-state index contributed by atoms with van der Waals surface area (Å²) in [6, 6.07) is 9.71. The van der Waals surface area contributed by atoms with Gasteiger partial charge in [0.15, 0.2) is 0 Å². The van der Waals surface area contributed by atoms with Gasteiger partial charge in [-0.05, 0) is 71.1 Å². The van der Waals surface area contributed by atoms with Crippen LogP contribution in [0.25, 0.3) is 11.3 Å². The van der Waals surface area contributed by atoms with Crippen LogP contribution in [0, 0.1) is 16.7 Å². The lowest BCUT2D eigenvalue weighted by atomic mass is 9.82. The number of pyridine rings is 2. The molecule has 4 atom stereocenters. The lowest BCUT2D eigenvalue weighted by Crippen LogP contribution is -2.55. The van der Waals surface area contributed by atoms with Crippen LogP contribution in [0.15, 0.2) is 30.5 Å². The summed E-state index contributed by atoms with van der Waals surface area (Å²) in [7, 11) is 1.61. The smallest absolute Gasteiger partial charge is 0.217 e. The predicted molar refractivity (Wildman–Crippen MR) is 166 cm³/mol. The van der Waals surface area contributed by atoms with Crippen LogP contribution in [-0.2, 0) is 14.2 Å². The highest BCUT2D eigenvalue weighted by atomic mass is 35.5. The van der Waals surface area contributed by atoms with Gasteiger partial charge >= 0.3 is 0 Å². The minimum absolute atomic E-state index is 0.0275. The highest BCUT2D eigenvalue weighted by molar-refractivity contribution is 6.33. The van der Waals surface area contributed by atoms with Crippen molar-refractivity contribution < 1.29 is 24.4 Å². The van der Waals surface area contributed by atoms with E-state index in [9.17, 15) is 15.5 Å². The van der Waals surface area contributed by atoms with Crippen LogP contribution < -0.4 is 10.6 Å². The summed E-state index contributed by atoms with van der Waals surface area (Å²) in [5.41, 5.74) is 0.402. The Labute approximate surface area is 259 Å². The molecule has 0 bridgehead atoms. The van der Waals surface area contributed by atoms with Crippen LogP contribution in [0.1, 0.15) is 52.9 Å². The topological polar surface area (TPSA) is 145 Å². The number of nitrogens with one attached hydrogen (secondary N) is 2. The van der Waals surface area contributed by atoms with Gasteiger partial charge in [0.25, 0.3) is 0 Å². The van der Waals surface area contributed by atoms with Crippen LogP contribution in [-0.4, -0.2) is 95.3 Å². The molecule has 12 heteroatoms. The Morgan fingerprint density at radius 2 is 2.02 bits per heavy atom. The van der Waals surface area contributed by atoms with Gasteiger partial charge in [-0.3, -0.25) is 0 Å². The normalized spacial score (nSPS) is 23.0. The molecular weight excluding hydrogens is 572 g/mol. The SMILES string of the molecule is COCCN(C(O)OC(C)(C)C)C1CCC(Nc2cc(-c3cccc(NCC4(C#N)CCOCC4)n3)c(Cl)cn2)CC1O. The minimum atomic E-state index is -1.15. The van der Waals surface area contributed by atoms with E-state index in [4.69, 9.17) is 30.8 Å². The van der Waals surface area contributed by atoms with Gasteiger partial charge in [0.1, 0.15) is 11.6 Å². The minimum Gasteiger partial charge on any atom is -0.391 e. The molecule has 1 saturated heterocycles. The van der Waals surface area contributed by atoms with Crippen molar-refractivity contribution in [1.29, 1.82) is 5.26 Å². The van der Waals surface area contributed by atoms with Gasteiger partial charge in [0.2, 0.25) is 6.41 Å². The van der Waals surface area contributed by atoms with Crippen LogP contribution >= 0.6 is 11.6 Å². The molecule has 0 amide bonds. The summed E-state index contributed by atoms with van der Waals surface area (Å²) < 4.78 is 16.5. The molecule has 3 heterocycles. The van der Waals surface area contributed by atoms with E-state index in [0.717, 1.165) is 12.0 Å². The maximum absolute atomic E-state index is 11.1. The van der Waals surface area contributed by atoms with Gasteiger partial charge in [0.05, 0.1) is 40.5 Å². The number of halogens is 1. The van der Waals surface area contributed by atoms with E-state index >= 15 is 0 Å². The standard InChI is InChI=1S/C31H45ClN6O5/c1-30(2,3)43-29(40)38(12-15-41-4)25-9-8-21(16-26(25)39)36-28-17-22(23(32)18-34-28)24-6-5-7-27(37-24)35-20-31(19-33)10-13-42-14-11-31/h5-7,17-18,21,25-26,29,39-40H,8-16,20H2,1-4H3,(H,34,36)(H,35,37). The first-order valence-corrected chi connectivity index (χ1v) is 15.3. The zero-order chi connectivity index (χ0) is 31.0. The number of nitriles is 1. The van der Waals surface area contributed by atoms with Gasteiger partial charge < -0.3 is 35.1 Å². The zero-order valence-electron chi connectivity index (χ0n) is 25.6. The van der Waals surface area contributed by atoms with Gasteiger partial charge in [-0.15, -0.1) is 0 Å². The molecule has 0 radical (unpaired) electrons. The Bertz CT molecular complexity index is 1230. The number of methoxy groups -OCH3 is 1. The Hall–Kier alpha value is -2.56. The fourth-order valence-electron chi connectivity index (χ4n) is 5.63. The molecule has 4 rings (SSSR count). The fourth-order valence-corrected chi connectivity index (χ4v) is 5.83. The lowest BCUT2D eigenvalue weighted by molar-refractivity contribution is -0.258. The number of anilines is 2. The third-order valence-corrected chi connectivity index (χ3v) is 8.33. The van der Waals surface area contributed by atoms with E-state index in [1.807, 2.05) is 45.0 Å². The van der Waals surface area contributed by atoms with Crippen molar-refractivity contribution >= 4 is 23.2 Å². The first-order valence-electron chi connectivity index (χ1n) is 14.9. The van der Waals surface area contributed by atoms with E-state index in [0.29, 0.717) is 80.9 Å². The molecule has 1 aliphatic carbocycles. The van der Waals surface area contributed by atoms with Gasteiger partial charge in [-0.2, -0.15) is 5.26 Å². The molecule has 0 aromatic carbocycles. The highest BCUT2D eigenvalue weighted by Crippen LogP contribution is 2.33. The predicted octanol–water partition coefficient (Wildman–Crippen LogP) is 4.26. The Kier molecular flexibility index (Phi) is 11.6. The second kappa shape index (κ2) is 14.9. The molecule has 4 unspecified atom stereocenters. The number of aliphatic hydroxyl groups is 2. The van der Waals surface area contributed by atoms with Crippen LogP contribution in [0.5, 0.6) is 0 Å². The molecule has 2 aliphatic rings. The van der Waals surface area contributed by atoms with E-state index < -0.39 is 23.5 Å². The van der Waals surface area contributed by atoms with Crippen molar-refractivity contribution in [3.63, 3.8) is 0 Å². The first-order chi connectivity index (χ1) is 20.5. The maximum atomic E-state index is 11.1. The van der Waals surface area contributed by atoms with Gasteiger partial charge in [-0.25, -0.2) is 14.9 Å². The summed E-state index contributed by atoms with van der Waals surface area (Å²) in [5, 5.41) is 39.0. The molecule has 0 spiro atoms. The highest BCUT2D eigenvalue weighted by Gasteiger charge is 2.37. The third-order valence-electron chi connectivity index (χ3n) is 8.03. The van der Waals surface area contributed by atoms with Crippen molar-refractivity contribution in [2.75, 3.05) is 50.7 Å². The second-order valence-electron chi connectivity index (χ2n) is 12.4. The summed E-state index contributed by atoms with van der Waals surface area (Å²) >= 11 is 6.56. The average molecular weight is 617 g/mol. The quantitative estimate of drug-likeness (QED) is 0.254.